The summed E-state index contributed by atoms with van der Waals surface area (Å²) < 4.78 is 18.8. The molecule has 0 radical (unpaired) electrons. The van der Waals surface area contributed by atoms with E-state index < -0.39 is 23.9 Å². The molecule has 1 N–H and O–H groups in total. The molecule has 124 valence electrons. The summed E-state index contributed by atoms with van der Waals surface area (Å²) in [5, 5.41) is 2.60. The maximum absolute atomic E-state index is 13.6. The first-order chi connectivity index (χ1) is 11.5. The van der Waals surface area contributed by atoms with Crippen molar-refractivity contribution in [3.05, 3.63) is 65.5 Å². The highest BCUT2D eigenvalue weighted by Crippen LogP contribution is 2.21. The van der Waals surface area contributed by atoms with Crippen LogP contribution in [0.2, 0.25) is 0 Å². The molecular formula is C18H17FN2O3. The molecule has 6 heteroatoms. The average molecular weight is 328 g/mol. The van der Waals surface area contributed by atoms with Crippen LogP contribution in [0.1, 0.15) is 15.9 Å². The molecule has 2 amide bonds. The summed E-state index contributed by atoms with van der Waals surface area (Å²) in [6.07, 6.45) is -0.932. The fraction of sp³-hybridized carbons (Fsp3) is 0.222. The van der Waals surface area contributed by atoms with Crippen LogP contribution in [-0.2, 0) is 4.74 Å². The molecule has 2 aromatic rings. The second-order valence-corrected chi connectivity index (χ2v) is 5.64. The standard InChI is InChI=1S/C18H17FN2O3/c1-12-6-8-13(9-7-12)21-11-14(24-18(21)23)10-20-17(22)15-4-2-3-5-16(15)19/h2-9,14H,10-11H2,1H3,(H,20,22). The predicted molar refractivity (Wildman–Crippen MR) is 87.5 cm³/mol. The van der Waals surface area contributed by atoms with E-state index in [1.165, 1.54) is 23.1 Å². The molecule has 0 saturated carbocycles. The molecule has 1 atom stereocenters. The van der Waals surface area contributed by atoms with Crippen molar-refractivity contribution >= 4 is 17.7 Å². The minimum atomic E-state index is -0.584. The Labute approximate surface area is 139 Å². The van der Waals surface area contributed by atoms with Crippen molar-refractivity contribution in [1.29, 1.82) is 0 Å². The number of hydrogen-bond acceptors (Lipinski definition) is 3. The third-order valence-electron chi connectivity index (χ3n) is 3.83. The first kappa shape index (κ1) is 16.0. The summed E-state index contributed by atoms with van der Waals surface area (Å²) in [7, 11) is 0. The minimum absolute atomic E-state index is 0.0304. The monoisotopic (exact) mass is 328 g/mol. The number of hydrogen-bond donors (Lipinski definition) is 1. The number of nitrogens with zero attached hydrogens (tertiary/aromatic N) is 1. The molecule has 1 aliphatic rings. The number of carbonyl (C=O) groups excluding carboxylic acids is 2. The van der Waals surface area contributed by atoms with Gasteiger partial charge >= 0.3 is 6.09 Å². The molecule has 1 saturated heterocycles. The Morgan fingerprint density at radius 1 is 1.25 bits per heavy atom. The molecule has 1 aliphatic heterocycles. The second kappa shape index (κ2) is 6.70. The summed E-state index contributed by atoms with van der Waals surface area (Å²) >= 11 is 0. The molecule has 5 nitrogen and oxygen atoms in total. The predicted octanol–water partition coefficient (Wildman–Crippen LogP) is 2.89. The molecule has 1 fully saturated rings. The van der Waals surface area contributed by atoms with Crippen LogP contribution >= 0.6 is 0 Å². The van der Waals surface area contributed by atoms with Crippen molar-refractivity contribution in [2.45, 2.75) is 13.0 Å². The van der Waals surface area contributed by atoms with Crippen molar-refractivity contribution in [2.24, 2.45) is 0 Å². The normalized spacial score (nSPS) is 16.8. The molecule has 2 aromatic carbocycles. The fourth-order valence-electron chi connectivity index (χ4n) is 2.51. The van der Waals surface area contributed by atoms with Crippen LogP contribution < -0.4 is 10.2 Å². The van der Waals surface area contributed by atoms with Crippen molar-refractivity contribution in [1.82, 2.24) is 5.32 Å². The molecule has 0 aromatic heterocycles. The molecule has 1 heterocycles. The van der Waals surface area contributed by atoms with Crippen molar-refractivity contribution in [3.8, 4) is 0 Å². The summed E-state index contributed by atoms with van der Waals surface area (Å²) in [6, 6.07) is 13.3. The Hall–Kier alpha value is -2.89. The first-order valence-electron chi connectivity index (χ1n) is 7.62. The quantitative estimate of drug-likeness (QED) is 0.939. The minimum Gasteiger partial charge on any atom is -0.442 e. The maximum atomic E-state index is 13.6. The molecule has 0 aliphatic carbocycles. The number of aryl methyl sites for hydroxylation is 1. The highest BCUT2D eigenvalue weighted by atomic mass is 19.1. The van der Waals surface area contributed by atoms with Crippen LogP contribution in [0, 0.1) is 12.7 Å². The largest absolute Gasteiger partial charge is 0.442 e. The van der Waals surface area contributed by atoms with Crippen LogP contribution in [-0.4, -0.2) is 31.2 Å². The van der Waals surface area contributed by atoms with Gasteiger partial charge in [-0.3, -0.25) is 9.69 Å². The van der Waals surface area contributed by atoms with Crippen molar-refractivity contribution in [3.63, 3.8) is 0 Å². The zero-order valence-electron chi connectivity index (χ0n) is 13.2. The highest BCUT2D eigenvalue weighted by molar-refractivity contribution is 5.94. The van der Waals surface area contributed by atoms with Gasteiger partial charge in [-0.15, -0.1) is 0 Å². The molecule has 3 rings (SSSR count). The summed E-state index contributed by atoms with van der Waals surface area (Å²) in [6.45, 7) is 2.42. The van der Waals surface area contributed by atoms with Crippen molar-refractivity contribution in [2.75, 3.05) is 18.0 Å². The maximum Gasteiger partial charge on any atom is 0.414 e. The summed E-state index contributed by atoms with van der Waals surface area (Å²) in [5.41, 5.74) is 1.81. The van der Waals surface area contributed by atoms with Crippen LogP contribution in [0.15, 0.2) is 48.5 Å². The Bertz CT molecular complexity index is 761. The zero-order valence-corrected chi connectivity index (χ0v) is 13.2. The van der Waals surface area contributed by atoms with E-state index in [9.17, 15) is 14.0 Å². The van der Waals surface area contributed by atoms with Gasteiger partial charge in [-0.1, -0.05) is 29.8 Å². The van der Waals surface area contributed by atoms with Gasteiger partial charge in [0.05, 0.1) is 18.7 Å². The van der Waals surface area contributed by atoms with Crippen LogP contribution in [0.4, 0.5) is 14.9 Å². The molecule has 0 spiro atoms. The third kappa shape index (κ3) is 3.37. The summed E-state index contributed by atoms with van der Waals surface area (Å²) in [5.74, 6) is -1.11. The van der Waals surface area contributed by atoms with E-state index in [-0.39, 0.29) is 12.1 Å². The fourth-order valence-corrected chi connectivity index (χ4v) is 2.51. The van der Waals surface area contributed by atoms with Gasteiger partial charge in [-0.05, 0) is 31.2 Å². The van der Waals surface area contributed by atoms with Gasteiger partial charge in [0.1, 0.15) is 11.9 Å². The Morgan fingerprint density at radius 3 is 2.67 bits per heavy atom. The topological polar surface area (TPSA) is 58.6 Å². The Morgan fingerprint density at radius 2 is 1.96 bits per heavy atom. The number of carbonyl (C=O) groups is 2. The van der Waals surface area contributed by atoms with Gasteiger partial charge in [0.25, 0.3) is 5.91 Å². The average Bonchev–Trinajstić information content (AvgIpc) is 2.95. The van der Waals surface area contributed by atoms with Gasteiger partial charge in [0.2, 0.25) is 0 Å². The zero-order chi connectivity index (χ0) is 17.1. The number of ether oxygens (including phenoxy) is 1. The van der Waals surface area contributed by atoms with Gasteiger partial charge in [-0.2, -0.15) is 0 Å². The van der Waals surface area contributed by atoms with Gasteiger partial charge in [-0.25, -0.2) is 9.18 Å². The number of amides is 2. The number of halogens is 1. The third-order valence-corrected chi connectivity index (χ3v) is 3.83. The molecular weight excluding hydrogens is 311 g/mol. The lowest BCUT2D eigenvalue weighted by molar-refractivity contribution is 0.0912. The van der Waals surface area contributed by atoms with E-state index in [1.54, 1.807) is 6.07 Å². The van der Waals surface area contributed by atoms with Crippen molar-refractivity contribution < 1.29 is 18.7 Å². The lowest BCUT2D eigenvalue weighted by Crippen LogP contribution is -2.35. The van der Waals surface area contributed by atoms with E-state index in [2.05, 4.69) is 5.32 Å². The Kier molecular flexibility index (Phi) is 4.46. The first-order valence-corrected chi connectivity index (χ1v) is 7.62. The van der Waals surface area contributed by atoms with Crippen LogP contribution in [0.3, 0.4) is 0 Å². The van der Waals surface area contributed by atoms with Crippen LogP contribution in [0.25, 0.3) is 0 Å². The van der Waals surface area contributed by atoms with E-state index in [4.69, 9.17) is 4.74 Å². The highest BCUT2D eigenvalue weighted by Gasteiger charge is 2.32. The smallest absolute Gasteiger partial charge is 0.414 e. The number of nitrogens with one attached hydrogen (secondary N) is 1. The number of anilines is 1. The number of benzene rings is 2. The van der Waals surface area contributed by atoms with E-state index in [0.29, 0.717) is 6.54 Å². The number of cyclic esters (lactones) is 1. The van der Waals surface area contributed by atoms with Gasteiger partial charge in [0.15, 0.2) is 0 Å². The second-order valence-electron chi connectivity index (χ2n) is 5.64. The van der Waals surface area contributed by atoms with E-state index in [1.807, 2.05) is 31.2 Å². The van der Waals surface area contributed by atoms with Gasteiger partial charge in [0, 0.05) is 5.69 Å². The molecule has 0 bridgehead atoms. The van der Waals surface area contributed by atoms with E-state index in [0.717, 1.165) is 11.3 Å². The SMILES string of the molecule is Cc1ccc(N2CC(CNC(=O)c3ccccc3F)OC2=O)cc1. The van der Waals surface area contributed by atoms with Gasteiger partial charge < -0.3 is 10.1 Å². The number of rotatable bonds is 4. The van der Waals surface area contributed by atoms with E-state index >= 15 is 0 Å². The molecule has 24 heavy (non-hydrogen) atoms. The van der Waals surface area contributed by atoms with Crippen LogP contribution in [0.5, 0.6) is 0 Å². The molecule has 1 unspecified atom stereocenters. The summed E-state index contributed by atoms with van der Waals surface area (Å²) in [4.78, 5) is 25.5. The lowest BCUT2D eigenvalue weighted by Gasteiger charge is -2.13. The lowest BCUT2D eigenvalue weighted by atomic mass is 10.2. The Balaban J connectivity index is 1.59.